The number of anilines is 1. The highest BCUT2D eigenvalue weighted by Crippen LogP contribution is 2.14. The van der Waals surface area contributed by atoms with Crippen molar-refractivity contribution in [2.45, 2.75) is 58.9 Å². The van der Waals surface area contributed by atoms with Gasteiger partial charge in [-0.1, -0.05) is 39.5 Å². The van der Waals surface area contributed by atoms with Gasteiger partial charge in [-0.05, 0) is 18.8 Å². The van der Waals surface area contributed by atoms with E-state index in [-0.39, 0.29) is 5.91 Å². The molecule has 0 fully saturated rings. The summed E-state index contributed by atoms with van der Waals surface area (Å²) in [6, 6.07) is 0. The molecule has 0 saturated carbocycles. The molecule has 118 valence electrons. The first-order valence-corrected chi connectivity index (χ1v) is 8.26. The van der Waals surface area contributed by atoms with Crippen LogP contribution in [0, 0.1) is 5.92 Å². The molecule has 0 atom stereocenters. The summed E-state index contributed by atoms with van der Waals surface area (Å²) in [6.07, 6.45) is 9.03. The van der Waals surface area contributed by atoms with Crippen molar-refractivity contribution in [3.05, 3.63) is 11.9 Å². The number of carbonyl (C=O) groups excluding carboxylic acids is 1. The second kappa shape index (κ2) is 8.05. The van der Waals surface area contributed by atoms with Crippen molar-refractivity contribution in [3.63, 3.8) is 0 Å². The van der Waals surface area contributed by atoms with Gasteiger partial charge < -0.3 is 15.2 Å². The number of hydrogen-bond donors (Lipinski definition) is 2. The first-order valence-electron chi connectivity index (χ1n) is 8.26. The standard InChI is InChI=1S/C16H28N4O/c1-13(2)8-5-3-4-6-9-17-15(21)14-12-20-11-7-10-18-16(20)19-14/h12-13H,3-11H2,1-2H3,(H,17,21)(H,18,19). The topological polar surface area (TPSA) is 59.0 Å². The lowest BCUT2D eigenvalue weighted by Crippen LogP contribution is -2.24. The largest absolute Gasteiger partial charge is 0.356 e. The zero-order valence-electron chi connectivity index (χ0n) is 13.3. The van der Waals surface area contributed by atoms with E-state index in [1.807, 2.05) is 10.8 Å². The number of aryl methyl sites for hydroxylation is 1. The Kier molecular flexibility index (Phi) is 6.08. The van der Waals surface area contributed by atoms with Crippen LogP contribution in [0.1, 0.15) is 62.9 Å². The van der Waals surface area contributed by atoms with Gasteiger partial charge in [0.05, 0.1) is 0 Å². The van der Waals surface area contributed by atoms with Gasteiger partial charge in [0, 0.05) is 25.8 Å². The number of carbonyl (C=O) groups is 1. The Balaban J connectivity index is 1.62. The second-order valence-electron chi connectivity index (χ2n) is 6.28. The number of imidazole rings is 1. The van der Waals surface area contributed by atoms with Crippen LogP contribution in [0.4, 0.5) is 5.95 Å². The minimum Gasteiger partial charge on any atom is -0.356 e. The molecular formula is C16H28N4O. The lowest BCUT2D eigenvalue weighted by Gasteiger charge is -2.14. The van der Waals surface area contributed by atoms with E-state index in [0.717, 1.165) is 44.3 Å². The zero-order chi connectivity index (χ0) is 15.1. The molecule has 0 aromatic carbocycles. The van der Waals surface area contributed by atoms with Gasteiger partial charge in [0.25, 0.3) is 5.91 Å². The summed E-state index contributed by atoms with van der Waals surface area (Å²) < 4.78 is 2.02. The van der Waals surface area contributed by atoms with Crippen LogP contribution >= 0.6 is 0 Å². The normalized spacial score (nSPS) is 13.9. The summed E-state index contributed by atoms with van der Waals surface area (Å²) in [5.41, 5.74) is 0.527. The number of nitrogens with zero attached hydrogens (tertiary/aromatic N) is 2. The van der Waals surface area contributed by atoms with E-state index in [4.69, 9.17) is 0 Å². The molecular weight excluding hydrogens is 264 g/mol. The van der Waals surface area contributed by atoms with Crippen molar-refractivity contribution in [2.75, 3.05) is 18.4 Å². The van der Waals surface area contributed by atoms with Gasteiger partial charge in [-0.3, -0.25) is 4.79 Å². The van der Waals surface area contributed by atoms with Crippen LogP contribution in [0.5, 0.6) is 0 Å². The molecule has 0 unspecified atom stereocenters. The van der Waals surface area contributed by atoms with Crippen LogP contribution in [0.25, 0.3) is 0 Å². The zero-order valence-corrected chi connectivity index (χ0v) is 13.3. The predicted molar refractivity (Wildman–Crippen MR) is 85.6 cm³/mol. The Labute approximate surface area is 127 Å². The van der Waals surface area contributed by atoms with Crippen LogP contribution in [0.3, 0.4) is 0 Å². The van der Waals surface area contributed by atoms with E-state index in [9.17, 15) is 4.79 Å². The van der Waals surface area contributed by atoms with Gasteiger partial charge in [0.1, 0.15) is 5.69 Å². The Morgan fingerprint density at radius 3 is 2.95 bits per heavy atom. The van der Waals surface area contributed by atoms with Crippen LogP contribution in [-0.2, 0) is 6.54 Å². The SMILES string of the molecule is CC(C)CCCCCCNC(=O)c1cn2c(n1)NCCC2. The van der Waals surface area contributed by atoms with Crippen molar-refractivity contribution in [3.8, 4) is 0 Å². The van der Waals surface area contributed by atoms with E-state index in [0.29, 0.717) is 5.69 Å². The average molecular weight is 292 g/mol. The quantitative estimate of drug-likeness (QED) is 0.724. The molecule has 2 heterocycles. The van der Waals surface area contributed by atoms with Gasteiger partial charge in [0.15, 0.2) is 0 Å². The predicted octanol–water partition coefficient (Wildman–Crippen LogP) is 3.04. The van der Waals surface area contributed by atoms with E-state index >= 15 is 0 Å². The van der Waals surface area contributed by atoms with E-state index in [1.165, 1.54) is 25.7 Å². The van der Waals surface area contributed by atoms with E-state index in [1.54, 1.807) is 0 Å². The smallest absolute Gasteiger partial charge is 0.271 e. The summed E-state index contributed by atoms with van der Waals surface area (Å²) in [7, 11) is 0. The Morgan fingerprint density at radius 1 is 1.38 bits per heavy atom. The molecule has 0 bridgehead atoms. The van der Waals surface area contributed by atoms with Gasteiger partial charge in [-0.15, -0.1) is 0 Å². The summed E-state index contributed by atoms with van der Waals surface area (Å²) in [5.74, 6) is 1.56. The fourth-order valence-electron chi connectivity index (χ4n) is 2.61. The third-order valence-corrected chi connectivity index (χ3v) is 3.86. The first-order chi connectivity index (χ1) is 10.2. The maximum Gasteiger partial charge on any atom is 0.271 e. The lowest BCUT2D eigenvalue weighted by molar-refractivity contribution is 0.0948. The maximum atomic E-state index is 12.0. The van der Waals surface area contributed by atoms with Gasteiger partial charge >= 0.3 is 0 Å². The molecule has 1 aliphatic rings. The molecule has 2 rings (SSSR count). The number of nitrogens with one attached hydrogen (secondary N) is 2. The van der Waals surface area contributed by atoms with Gasteiger partial charge in [-0.25, -0.2) is 4.98 Å². The minimum atomic E-state index is -0.0547. The minimum absolute atomic E-state index is 0.0547. The van der Waals surface area contributed by atoms with Crippen LogP contribution in [0.15, 0.2) is 6.20 Å². The number of hydrogen-bond acceptors (Lipinski definition) is 3. The van der Waals surface area contributed by atoms with Gasteiger partial charge in [0.2, 0.25) is 5.95 Å². The molecule has 5 heteroatoms. The molecule has 0 radical (unpaired) electrons. The molecule has 0 aliphatic carbocycles. The number of unbranched alkanes of at least 4 members (excludes halogenated alkanes) is 3. The van der Waals surface area contributed by atoms with Crippen molar-refractivity contribution in [1.82, 2.24) is 14.9 Å². The van der Waals surface area contributed by atoms with Crippen LogP contribution < -0.4 is 10.6 Å². The summed E-state index contributed by atoms with van der Waals surface area (Å²) in [4.78, 5) is 16.4. The lowest BCUT2D eigenvalue weighted by atomic mass is 10.0. The molecule has 2 N–H and O–H groups in total. The molecule has 1 aromatic rings. The molecule has 1 aliphatic heterocycles. The third-order valence-electron chi connectivity index (χ3n) is 3.86. The first kappa shape index (κ1) is 15.9. The van der Waals surface area contributed by atoms with Gasteiger partial charge in [-0.2, -0.15) is 0 Å². The molecule has 5 nitrogen and oxygen atoms in total. The maximum absolute atomic E-state index is 12.0. The Bertz CT molecular complexity index is 430. The van der Waals surface area contributed by atoms with Crippen molar-refractivity contribution in [2.24, 2.45) is 5.92 Å². The highest BCUT2D eigenvalue weighted by Gasteiger charge is 2.15. The van der Waals surface area contributed by atoms with E-state index < -0.39 is 0 Å². The summed E-state index contributed by atoms with van der Waals surface area (Å²) in [5, 5.41) is 6.17. The molecule has 1 amide bonds. The fourth-order valence-corrected chi connectivity index (χ4v) is 2.61. The molecule has 0 saturated heterocycles. The van der Waals surface area contributed by atoms with Crippen molar-refractivity contribution in [1.29, 1.82) is 0 Å². The highest BCUT2D eigenvalue weighted by molar-refractivity contribution is 5.92. The van der Waals surface area contributed by atoms with Crippen LogP contribution in [-0.4, -0.2) is 28.5 Å². The number of rotatable bonds is 8. The Morgan fingerprint density at radius 2 is 2.19 bits per heavy atom. The summed E-state index contributed by atoms with van der Waals surface area (Å²) >= 11 is 0. The fraction of sp³-hybridized carbons (Fsp3) is 0.750. The monoisotopic (exact) mass is 292 g/mol. The molecule has 21 heavy (non-hydrogen) atoms. The Hall–Kier alpha value is -1.52. The highest BCUT2D eigenvalue weighted by atomic mass is 16.1. The number of fused-ring (bicyclic) bond motifs is 1. The van der Waals surface area contributed by atoms with Crippen LogP contribution in [0.2, 0.25) is 0 Å². The number of aromatic nitrogens is 2. The number of amides is 1. The third kappa shape index (κ3) is 5.06. The average Bonchev–Trinajstić information content (AvgIpc) is 2.89. The second-order valence-corrected chi connectivity index (χ2v) is 6.28. The molecule has 0 spiro atoms. The van der Waals surface area contributed by atoms with Crippen molar-refractivity contribution < 1.29 is 4.79 Å². The van der Waals surface area contributed by atoms with E-state index in [2.05, 4.69) is 29.5 Å². The summed E-state index contributed by atoms with van der Waals surface area (Å²) in [6.45, 7) is 7.15. The molecule has 1 aromatic heterocycles. The van der Waals surface area contributed by atoms with Crippen molar-refractivity contribution >= 4 is 11.9 Å².